The zero-order chi connectivity index (χ0) is 14.3. The van der Waals surface area contributed by atoms with Gasteiger partial charge in [-0.15, -0.1) is 0 Å². The second-order valence-corrected chi connectivity index (χ2v) is 5.39. The van der Waals surface area contributed by atoms with Crippen LogP contribution in [0.1, 0.15) is 28.9 Å². The zero-order valence-electron chi connectivity index (χ0n) is 11.5. The molecule has 1 atom stereocenters. The number of nitrogens with two attached hydrogens (primary N) is 2. The fraction of sp³-hybridized carbons (Fsp3) is 0.429. The van der Waals surface area contributed by atoms with E-state index in [1.165, 1.54) is 0 Å². The molecule has 2 aromatic rings. The van der Waals surface area contributed by atoms with Crippen LogP contribution in [0.3, 0.4) is 0 Å². The van der Waals surface area contributed by atoms with E-state index < -0.39 is 5.91 Å². The van der Waals surface area contributed by atoms with Gasteiger partial charge in [0.05, 0.1) is 5.69 Å². The molecule has 5 N–H and O–H groups in total. The maximum absolute atomic E-state index is 11.6. The molecule has 1 aliphatic rings. The van der Waals surface area contributed by atoms with Crippen molar-refractivity contribution in [2.45, 2.75) is 25.8 Å². The number of fused-ring (bicyclic) bond motifs is 1. The van der Waals surface area contributed by atoms with Crippen molar-refractivity contribution in [2.24, 2.45) is 11.5 Å². The molecule has 20 heavy (non-hydrogen) atoms. The van der Waals surface area contributed by atoms with Gasteiger partial charge in [-0.25, -0.2) is 4.98 Å². The number of carbonyl (C=O) groups is 1. The van der Waals surface area contributed by atoms with E-state index >= 15 is 0 Å². The first-order valence-electron chi connectivity index (χ1n) is 6.86. The van der Waals surface area contributed by atoms with Crippen molar-refractivity contribution in [1.82, 2.24) is 9.97 Å². The summed E-state index contributed by atoms with van der Waals surface area (Å²) in [5.74, 6) is -0.499. The average Bonchev–Trinajstić information content (AvgIpc) is 2.85. The van der Waals surface area contributed by atoms with Crippen molar-refractivity contribution in [3.8, 4) is 0 Å². The molecule has 0 saturated carbocycles. The highest BCUT2D eigenvalue weighted by Crippen LogP contribution is 2.32. The van der Waals surface area contributed by atoms with E-state index in [0.717, 1.165) is 42.6 Å². The summed E-state index contributed by atoms with van der Waals surface area (Å²) >= 11 is 0. The molecule has 0 bridgehead atoms. The van der Waals surface area contributed by atoms with E-state index in [1.54, 1.807) is 0 Å². The molecule has 1 saturated heterocycles. The molecule has 2 aromatic heterocycles. The van der Waals surface area contributed by atoms with Crippen molar-refractivity contribution < 1.29 is 4.79 Å². The molecule has 0 aromatic carbocycles. The van der Waals surface area contributed by atoms with Gasteiger partial charge in [0.15, 0.2) is 0 Å². The first-order valence-corrected chi connectivity index (χ1v) is 6.86. The summed E-state index contributed by atoms with van der Waals surface area (Å²) in [6.07, 6.45) is 3.93. The summed E-state index contributed by atoms with van der Waals surface area (Å²) in [6.45, 7) is 3.63. The highest BCUT2D eigenvalue weighted by molar-refractivity contribution is 6.01. The molecular weight excluding hydrogens is 254 g/mol. The predicted molar refractivity (Wildman–Crippen MR) is 78.8 cm³/mol. The summed E-state index contributed by atoms with van der Waals surface area (Å²) in [7, 11) is 0. The van der Waals surface area contributed by atoms with Gasteiger partial charge >= 0.3 is 0 Å². The smallest absolute Gasteiger partial charge is 0.267 e. The van der Waals surface area contributed by atoms with Crippen LogP contribution in [0.25, 0.3) is 11.0 Å². The van der Waals surface area contributed by atoms with Crippen LogP contribution in [0.15, 0.2) is 12.3 Å². The SMILES string of the molecule is Cc1c(C(N)=O)nc2[nH]ccc2c1N1CCC[C@@H](N)C1. The van der Waals surface area contributed by atoms with E-state index in [1.807, 2.05) is 19.2 Å². The first-order chi connectivity index (χ1) is 9.58. The lowest BCUT2D eigenvalue weighted by atomic mass is 10.0. The third kappa shape index (κ3) is 2.02. The van der Waals surface area contributed by atoms with Crippen LogP contribution in [0, 0.1) is 6.92 Å². The number of anilines is 1. The topological polar surface area (TPSA) is 101 Å². The number of aromatic nitrogens is 2. The van der Waals surface area contributed by atoms with Crippen molar-refractivity contribution in [3.63, 3.8) is 0 Å². The molecule has 0 spiro atoms. The number of piperidine rings is 1. The number of nitrogens with one attached hydrogen (secondary N) is 1. The molecule has 0 unspecified atom stereocenters. The number of carbonyl (C=O) groups excluding carboxylic acids is 1. The number of hydrogen-bond donors (Lipinski definition) is 3. The van der Waals surface area contributed by atoms with Gasteiger partial charge in [-0.05, 0) is 25.8 Å². The second-order valence-electron chi connectivity index (χ2n) is 5.39. The van der Waals surface area contributed by atoms with Crippen LogP contribution in [-0.4, -0.2) is 35.0 Å². The summed E-state index contributed by atoms with van der Waals surface area (Å²) in [5.41, 5.74) is 14.4. The Labute approximate surface area is 117 Å². The number of rotatable bonds is 2. The Morgan fingerprint density at radius 2 is 2.35 bits per heavy atom. The second kappa shape index (κ2) is 4.79. The van der Waals surface area contributed by atoms with Crippen molar-refractivity contribution in [3.05, 3.63) is 23.5 Å². The van der Waals surface area contributed by atoms with Crippen LogP contribution < -0.4 is 16.4 Å². The first kappa shape index (κ1) is 12.9. The van der Waals surface area contributed by atoms with Crippen molar-refractivity contribution in [2.75, 3.05) is 18.0 Å². The number of primary amides is 1. The Morgan fingerprint density at radius 3 is 3.05 bits per heavy atom. The molecule has 0 aliphatic carbocycles. The minimum atomic E-state index is -0.499. The minimum Gasteiger partial charge on any atom is -0.369 e. The number of amides is 1. The Bertz CT molecular complexity index is 663. The lowest BCUT2D eigenvalue weighted by molar-refractivity contribution is 0.0995. The lowest BCUT2D eigenvalue weighted by Gasteiger charge is -2.34. The van der Waals surface area contributed by atoms with Gasteiger partial charge < -0.3 is 21.4 Å². The van der Waals surface area contributed by atoms with Gasteiger partial charge in [0.2, 0.25) is 0 Å². The number of nitrogens with zero attached hydrogens (tertiary/aromatic N) is 2. The van der Waals surface area contributed by atoms with Gasteiger partial charge in [0.25, 0.3) is 5.91 Å². The molecule has 0 radical (unpaired) electrons. The molecule has 3 rings (SSSR count). The van der Waals surface area contributed by atoms with E-state index in [0.29, 0.717) is 11.3 Å². The highest BCUT2D eigenvalue weighted by atomic mass is 16.1. The van der Waals surface area contributed by atoms with Gasteiger partial charge in [0, 0.05) is 36.3 Å². The standard InChI is InChI=1S/C14H19N5O/c1-8-11(13(16)20)18-14-10(4-5-17-14)12(8)19-6-2-3-9(15)7-19/h4-5,9H,2-3,6-7,15H2,1H3,(H2,16,20)(H,17,18)/t9-/m1/s1. The van der Waals surface area contributed by atoms with Crippen LogP contribution >= 0.6 is 0 Å². The minimum absolute atomic E-state index is 0.169. The van der Waals surface area contributed by atoms with E-state index in [9.17, 15) is 4.79 Å². The highest BCUT2D eigenvalue weighted by Gasteiger charge is 2.24. The van der Waals surface area contributed by atoms with Crippen molar-refractivity contribution in [1.29, 1.82) is 0 Å². The molecule has 1 fully saturated rings. The van der Waals surface area contributed by atoms with Gasteiger partial charge in [-0.3, -0.25) is 4.79 Å². The van der Waals surface area contributed by atoms with Gasteiger partial charge in [-0.2, -0.15) is 0 Å². The maximum atomic E-state index is 11.6. The maximum Gasteiger partial charge on any atom is 0.267 e. The van der Waals surface area contributed by atoms with E-state index in [4.69, 9.17) is 11.5 Å². The number of hydrogen-bond acceptors (Lipinski definition) is 4. The summed E-state index contributed by atoms with van der Waals surface area (Å²) in [5, 5.41) is 1.02. The Kier molecular flexibility index (Phi) is 3.10. The van der Waals surface area contributed by atoms with Crippen LogP contribution in [0.4, 0.5) is 5.69 Å². The molecule has 1 aliphatic heterocycles. The predicted octanol–water partition coefficient (Wildman–Crippen LogP) is 0.898. The number of pyridine rings is 1. The third-order valence-electron chi connectivity index (χ3n) is 3.92. The molecule has 6 nitrogen and oxygen atoms in total. The fourth-order valence-corrected chi connectivity index (χ4v) is 3.01. The largest absolute Gasteiger partial charge is 0.369 e. The monoisotopic (exact) mass is 273 g/mol. The normalized spacial score (nSPS) is 19.5. The van der Waals surface area contributed by atoms with Gasteiger partial charge in [0.1, 0.15) is 11.3 Å². The van der Waals surface area contributed by atoms with Crippen LogP contribution in [-0.2, 0) is 0 Å². The molecule has 3 heterocycles. The average molecular weight is 273 g/mol. The lowest BCUT2D eigenvalue weighted by Crippen LogP contribution is -2.43. The van der Waals surface area contributed by atoms with Crippen LogP contribution in [0.5, 0.6) is 0 Å². The van der Waals surface area contributed by atoms with E-state index in [2.05, 4.69) is 14.9 Å². The molecule has 106 valence electrons. The van der Waals surface area contributed by atoms with Gasteiger partial charge in [-0.1, -0.05) is 0 Å². The number of aromatic amines is 1. The van der Waals surface area contributed by atoms with Crippen molar-refractivity contribution >= 4 is 22.6 Å². The molecule has 6 heteroatoms. The van der Waals surface area contributed by atoms with Crippen LogP contribution in [0.2, 0.25) is 0 Å². The Hall–Kier alpha value is -2.08. The summed E-state index contributed by atoms with van der Waals surface area (Å²) < 4.78 is 0. The Balaban J connectivity index is 2.19. The van der Waals surface area contributed by atoms with E-state index in [-0.39, 0.29) is 6.04 Å². The zero-order valence-corrected chi connectivity index (χ0v) is 11.5. The number of H-pyrrole nitrogens is 1. The summed E-state index contributed by atoms with van der Waals surface area (Å²) in [6, 6.07) is 2.15. The quantitative estimate of drug-likeness (QED) is 0.756. The third-order valence-corrected chi connectivity index (χ3v) is 3.92. The molecule has 1 amide bonds. The Morgan fingerprint density at radius 1 is 1.55 bits per heavy atom. The fourth-order valence-electron chi connectivity index (χ4n) is 3.01. The molecular formula is C14H19N5O. The summed E-state index contributed by atoms with van der Waals surface area (Å²) in [4.78, 5) is 21.2.